The zero-order chi connectivity index (χ0) is 14.4. The third-order valence-corrected chi connectivity index (χ3v) is 3.43. The summed E-state index contributed by atoms with van der Waals surface area (Å²) in [7, 11) is 0. The molecule has 0 aliphatic carbocycles. The third-order valence-electron chi connectivity index (χ3n) is 2.66. The lowest BCUT2D eigenvalue weighted by molar-refractivity contribution is 0.591. The van der Waals surface area contributed by atoms with Gasteiger partial charge in [-0.3, -0.25) is 9.48 Å². The number of nitrogens with one attached hydrogen (secondary N) is 1. The quantitative estimate of drug-likeness (QED) is 0.639. The highest BCUT2D eigenvalue weighted by molar-refractivity contribution is 9.10. The van der Waals surface area contributed by atoms with Crippen LogP contribution in [0.15, 0.2) is 33.9 Å². The van der Waals surface area contributed by atoms with Gasteiger partial charge in [0.2, 0.25) is 0 Å². The van der Waals surface area contributed by atoms with Gasteiger partial charge in [-0.25, -0.2) is 4.68 Å². The average molecular weight is 336 g/mol. The van der Waals surface area contributed by atoms with Gasteiger partial charge < -0.3 is 5.32 Å². The highest BCUT2D eigenvalue weighted by atomic mass is 79.9. The number of hydrogen-bond donors (Lipinski definition) is 1. The minimum absolute atomic E-state index is 0.164. The average Bonchev–Trinajstić information content (AvgIpc) is 2.95. The molecule has 0 saturated heterocycles. The van der Waals surface area contributed by atoms with Gasteiger partial charge in [0.1, 0.15) is 11.0 Å². The van der Waals surface area contributed by atoms with Gasteiger partial charge in [0.25, 0.3) is 5.56 Å². The molecule has 0 atom stereocenters. The van der Waals surface area contributed by atoms with Gasteiger partial charge in [0, 0.05) is 25.5 Å². The molecule has 0 aliphatic rings. The fourth-order valence-electron chi connectivity index (χ4n) is 1.68. The number of nitrogens with zero attached hydrogens (tertiary/aromatic N) is 4. The molecule has 2 aromatic rings. The number of terminal acetylenes is 1. The molecule has 6 nitrogen and oxygen atoms in total. The minimum Gasteiger partial charge on any atom is -0.383 e. The maximum atomic E-state index is 11.9. The van der Waals surface area contributed by atoms with Gasteiger partial charge in [-0.05, 0) is 28.4 Å². The van der Waals surface area contributed by atoms with Crippen LogP contribution >= 0.6 is 15.9 Å². The van der Waals surface area contributed by atoms with Crippen molar-refractivity contribution >= 4 is 21.6 Å². The Kier molecular flexibility index (Phi) is 4.96. The molecule has 0 aliphatic heterocycles. The zero-order valence-electron chi connectivity index (χ0n) is 10.8. The van der Waals surface area contributed by atoms with Crippen LogP contribution in [-0.4, -0.2) is 26.1 Å². The summed E-state index contributed by atoms with van der Waals surface area (Å²) < 4.78 is 3.54. The first kappa shape index (κ1) is 14.3. The summed E-state index contributed by atoms with van der Waals surface area (Å²) >= 11 is 3.27. The molecular weight excluding hydrogens is 322 g/mol. The number of aromatic nitrogens is 4. The van der Waals surface area contributed by atoms with E-state index >= 15 is 0 Å². The van der Waals surface area contributed by atoms with Crippen LogP contribution in [0.5, 0.6) is 0 Å². The predicted octanol–water partition coefficient (Wildman–Crippen LogP) is 1.34. The summed E-state index contributed by atoms with van der Waals surface area (Å²) in [5.41, 5.74) is 0.434. The molecule has 0 saturated carbocycles. The van der Waals surface area contributed by atoms with Crippen molar-refractivity contribution in [1.82, 2.24) is 19.6 Å². The first-order valence-corrected chi connectivity index (χ1v) is 6.92. The molecule has 0 amide bonds. The lowest BCUT2D eigenvalue weighted by Gasteiger charge is -2.09. The first-order chi connectivity index (χ1) is 9.72. The van der Waals surface area contributed by atoms with Crippen LogP contribution in [0.1, 0.15) is 6.42 Å². The predicted molar refractivity (Wildman–Crippen MR) is 80.4 cm³/mol. The molecule has 2 aromatic heterocycles. The van der Waals surface area contributed by atoms with Gasteiger partial charge >= 0.3 is 0 Å². The van der Waals surface area contributed by atoms with Crippen molar-refractivity contribution in [3.63, 3.8) is 0 Å². The molecule has 2 rings (SSSR count). The summed E-state index contributed by atoms with van der Waals surface area (Å²) in [6, 6.07) is 1.89. The molecule has 0 unspecified atom stereocenters. The Balaban J connectivity index is 1.92. The maximum absolute atomic E-state index is 11.9. The van der Waals surface area contributed by atoms with Crippen LogP contribution in [0.4, 0.5) is 5.69 Å². The van der Waals surface area contributed by atoms with Crippen LogP contribution in [0.2, 0.25) is 0 Å². The Morgan fingerprint density at radius 1 is 1.45 bits per heavy atom. The van der Waals surface area contributed by atoms with Crippen LogP contribution in [-0.2, 0) is 13.1 Å². The second-order valence-corrected chi connectivity index (χ2v) is 4.88. The third kappa shape index (κ3) is 3.48. The van der Waals surface area contributed by atoms with Gasteiger partial charge in [0.05, 0.1) is 11.9 Å². The molecule has 20 heavy (non-hydrogen) atoms. The van der Waals surface area contributed by atoms with Crippen molar-refractivity contribution < 1.29 is 0 Å². The van der Waals surface area contributed by atoms with Gasteiger partial charge in [-0.15, -0.1) is 6.42 Å². The van der Waals surface area contributed by atoms with Crippen molar-refractivity contribution in [3.8, 4) is 12.3 Å². The van der Waals surface area contributed by atoms with Gasteiger partial charge in [-0.1, -0.05) is 5.92 Å². The van der Waals surface area contributed by atoms with E-state index in [2.05, 4.69) is 37.4 Å². The molecule has 0 bridgehead atoms. The Labute approximate surface area is 124 Å². The van der Waals surface area contributed by atoms with E-state index in [-0.39, 0.29) is 12.1 Å². The topological polar surface area (TPSA) is 64.7 Å². The van der Waals surface area contributed by atoms with E-state index in [1.807, 2.05) is 16.9 Å². The molecule has 0 fully saturated rings. The van der Waals surface area contributed by atoms with E-state index in [0.717, 1.165) is 19.5 Å². The second-order valence-electron chi connectivity index (χ2n) is 4.09. The largest absolute Gasteiger partial charge is 0.383 e. The van der Waals surface area contributed by atoms with Gasteiger partial charge in [0.15, 0.2) is 0 Å². The van der Waals surface area contributed by atoms with Crippen LogP contribution in [0, 0.1) is 12.3 Å². The number of rotatable bonds is 6. The number of anilines is 1. The van der Waals surface area contributed by atoms with Crippen LogP contribution < -0.4 is 10.9 Å². The Morgan fingerprint density at radius 3 is 3.00 bits per heavy atom. The summed E-state index contributed by atoms with van der Waals surface area (Å²) in [5, 5.41) is 11.3. The van der Waals surface area contributed by atoms with Crippen LogP contribution in [0.25, 0.3) is 0 Å². The Bertz CT molecular complexity index is 656. The van der Waals surface area contributed by atoms with Crippen molar-refractivity contribution in [2.75, 3.05) is 11.9 Å². The lowest BCUT2D eigenvalue weighted by atomic mass is 10.4. The molecule has 104 valence electrons. The SMILES string of the molecule is C#CCn1ncc(NCCCn2cccn2)c(Br)c1=O. The van der Waals surface area contributed by atoms with Crippen molar-refractivity contribution in [2.24, 2.45) is 0 Å². The highest BCUT2D eigenvalue weighted by Gasteiger charge is 2.07. The van der Waals surface area contributed by atoms with E-state index in [4.69, 9.17) is 6.42 Å². The molecule has 1 N–H and O–H groups in total. The van der Waals surface area contributed by atoms with E-state index < -0.39 is 0 Å². The highest BCUT2D eigenvalue weighted by Crippen LogP contribution is 2.15. The van der Waals surface area contributed by atoms with Gasteiger partial charge in [-0.2, -0.15) is 10.2 Å². The summed E-state index contributed by atoms with van der Waals surface area (Å²) in [6.07, 6.45) is 11.3. The Hall–Kier alpha value is -2.07. The van der Waals surface area contributed by atoms with E-state index in [1.54, 1.807) is 12.4 Å². The summed E-state index contributed by atoms with van der Waals surface area (Å²) in [6.45, 7) is 1.70. The fraction of sp³-hybridized carbons (Fsp3) is 0.308. The number of halogens is 1. The van der Waals surface area contributed by atoms with Crippen molar-refractivity contribution in [2.45, 2.75) is 19.5 Å². The zero-order valence-corrected chi connectivity index (χ0v) is 12.4. The molecule has 0 spiro atoms. The van der Waals surface area contributed by atoms with Crippen molar-refractivity contribution in [1.29, 1.82) is 0 Å². The summed E-state index contributed by atoms with van der Waals surface area (Å²) in [5.74, 6) is 2.39. The second kappa shape index (κ2) is 6.91. The van der Waals surface area contributed by atoms with Crippen LogP contribution in [0.3, 0.4) is 0 Å². The molecule has 7 heteroatoms. The normalized spacial score (nSPS) is 10.2. The summed E-state index contributed by atoms with van der Waals surface area (Å²) in [4.78, 5) is 11.9. The number of aryl methyl sites for hydroxylation is 1. The maximum Gasteiger partial charge on any atom is 0.284 e. The van der Waals surface area contributed by atoms with E-state index in [9.17, 15) is 4.79 Å². The molecule has 2 heterocycles. The standard InChI is InChI=1S/C13H14BrN5O/c1-2-7-19-13(20)12(14)11(10-17-19)15-5-3-8-18-9-4-6-16-18/h1,4,6,9-10,15H,3,5,7-8H2. The Morgan fingerprint density at radius 2 is 2.30 bits per heavy atom. The monoisotopic (exact) mass is 335 g/mol. The molecule has 0 radical (unpaired) electrons. The smallest absolute Gasteiger partial charge is 0.284 e. The van der Waals surface area contributed by atoms with E-state index in [1.165, 1.54) is 4.68 Å². The number of hydrogen-bond acceptors (Lipinski definition) is 4. The molecular formula is C13H14BrN5O. The minimum atomic E-state index is -0.236. The fourth-order valence-corrected chi connectivity index (χ4v) is 2.13. The van der Waals surface area contributed by atoms with E-state index in [0.29, 0.717) is 10.2 Å². The van der Waals surface area contributed by atoms with Crippen molar-refractivity contribution in [3.05, 3.63) is 39.5 Å². The lowest BCUT2D eigenvalue weighted by Crippen LogP contribution is -2.24. The first-order valence-electron chi connectivity index (χ1n) is 6.12. The molecule has 0 aromatic carbocycles.